The number of hydrogen-bond donors (Lipinski definition) is 2. The molecule has 8 heteroatoms. The molecule has 1 heterocycles. The molecule has 0 aliphatic carbocycles. The highest BCUT2D eigenvalue weighted by atomic mass is 19.1. The molecule has 7 nitrogen and oxygen atoms in total. The number of aliphatic hydroxyl groups is 1. The van der Waals surface area contributed by atoms with Gasteiger partial charge < -0.3 is 19.9 Å². The van der Waals surface area contributed by atoms with E-state index < -0.39 is 6.10 Å². The number of nitrogens with zero attached hydrogens (tertiary/aromatic N) is 3. The number of hydrogen-bond acceptors (Lipinski definition) is 6. The summed E-state index contributed by atoms with van der Waals surface area (Å²) >= 11 is 0. The number of benzene rings is 2. The minimum absolute atomic E-state index is 0.228. The topological polar surface area (TPSA) is 81.4 Å². The van der Waals surface area contributed by atoms with Gasteiger partial charge in [0.05, 0.1) is 30.6 Å². The van der Waals surface area contributed by atoms with E-state index >= 15 is 0 Å². The van der Waals surface area contributed by atoms with Gasteiger partial charge in [0.25, 0.3) is 0 Å². The van der Waals surface area contributed by atoms with Gasteiger partial charge in [-0.3, -0.25) is 0 Å². The fraction of sp³-hybridized carbons (Fsp3) is 0.391. The summed E-state index contributed by atoms with van der Waals surface area (Å²) in [7, 11) is 0. The van der Waals surface area contributed by atoms with Crippen molar-refractivity contribution in [1.82, 2.24) is 14.8 Å². The fourth-order valence-corrected chi connectivity index (χ4v) is 2.84. The van der Waals surface area contributed by atoms with Gasteiger partial charge in [0.2, 0.25) is 0 Å². The molecule has 0 amide bonds. The zero-order chi connectivity index (χ0) is 22.4. The second-order valence-electron chi connectivity index (χ2n) is 8.08. The molecular weight excluding hydrogens is 399 g/mol. The van der Waals surface area contributed by atoms with E-state index in [1.165, 1.54) is 12.1 Å². The van der Waals surface area contributed by atoms with E-state index in [-0.39, 0.29) is 24.0 Å². The molecule has 31 heavy (non-hydrogen) atoms. The van der Waals surface area contributed by atoms with E-state index in [4.69, 9.17) is 9.47 Å². The van der Waals surface area contributed by atoms with Crippen molar-refractivity contribution in [2.75, 3.05) is 25.1 Å². The highest BCUT2D eigenvalue weighted by Crippen LogP contribution is 2.25. The van der Waals surface area contributed by atoms with E-state index in [9.17, 15) is 9.50 Å². The van der Waals surface area contributed by atoms with Crippen LogP contribution in [-0.4, -0.2) is 51.3 Å². The first-order chi connectivity index (χ1) is 14.7. The summed E-state index contributed by atoms with van der Waals surface area (Å²) in [5.41, 5.74) is 1.90. The van der Waals surface area contributed by atoms with Crippen LogP contribution in [0.25, 0.3) is 17.1 Å². The molecule has 0 bridgehead atoms. The summed E-state index contributed by atoms with van der Waals surface area (Å²) in [5, 5.41) is 17.7. The first-order valence-electron chi connectivity index (χ1n) is 10.3. The monoisotopic (exact) mass is 428 g/mol. The molecule has 0 radical (unpaired) electrons. The van der Waals surface area contributed by atoms with Crippen LogP contribution < -0.4 is 10.1 Å². The Kier molecular flexibility index (Phi) is 7.25. The number of aliphatic hydroxyl groups excluding tert-OH is 1. The molecule has 2 N–H and O–H groups in total. The molecule has 3 aromatic rings. The standard InChI is InChI=1S/C23H29FN4O3/c1-5-30-22-26-21(16-7-6-8-17(24)13-16)28(27-22)19-11-9-18(10-12-19)25-14-20(29)15-31-23(2,3)4/h6-13,20,25,29H,5,14-15H2,1-4H3. The number of halogens is 1. The lowest BCUT2D eigenvalue weighted by Crippen LogP contribution is -2.30. The van der Waals surface area contributed by atoms with Gasteiger partial charge in [0.15, 0.2) is 5.82 Å². The molecule has 1 atom stereocenters. The molecule has 0 fully saturated rings. The smallest absolute Gasteiger partial charge is 0.336 e. The minimum atomic E-state index is -0.623. The van der Waals surface area contributed by atoms with Crippen molar-refractivity contribution >= 4 is 5.69 Å². The van der Waals surface area contributed by atoms with Crippen LogP contribution in [0.1, 0.15) is 27.7 Å². The molecular formula is C23H29FN4O3. The van der Waals surface area contributed by atoms with Crippen LogP contribution in [-0.2, 0) is 4.74 Å². The maximum Gasteiger partial charge on any atom is 0.336 e. The first kappa shape index (κ1) is 22.7. The van der Waals surface area contributed by atoms with Gasteiger partial charge in [-0.15, -0.1) is 5.10 Å². The zero-order valence-corrected chi connectivity index (χ0v) is 18.3. The molecule has 166 valence electrons. The van der Waals surface area contributed by atoms with E-state index in [2.05, 4.69) is 15.4 Å². The molecule has 0 aliphatic rings. The Morgan fingerprint density at radius 2 is 1.90 bits per heavy atom. The summed E-state index contributed by atoms with van der Waals surface area (Å²) in [6, 6.07) is 13.9. The van der Waals surface area contributed by atoms with Crippen molar-refractivity contribution in [3.63, 3.8) is 0 Å². The molecule has 0 aliphatic heterocycles. The summed E-state index contributed by atoms with van der Waals surface area (Å²) in [5.74, 6) is 0.136. The molecule has 1 aromatic heterocycles. The third-order valence-corrected chi connectivity index (χ3v) is 4.31. The summed E-state index contributed by atoms with van der Waals surface area (Å²) in [6.45, 7) is 8.74. The van der Waals surface area contributed by atoms with Crippen molar-refractivity contribution in [3.05, 3.63) is 54.3 Å². The number of nitrogens with one attached hydrogen (secondary N) is 1. The normalized spacial score (nSPS) is 12.6. The lowest BCUT2D eigenvalue weighted by Gasteiger charge is -2.22. The average molecular weight is 429 g/mol. The average Bonchev–Trinajstić information content (AvgIpc) is 3.15. The van der Waals surface area contributed by atoms with Crippen LogP contribution in [0.15, 0.2) is 48.5 Å². The summed E-state index contributed by atoms with van der Waals surface area (Å²) in [6.07, 6.45) is -0.623. The molecule has 3 rings (SSSR count). The fourth-order valence-electron chi connectivity index (χ4n) is 2.84. The summed E-state index contributed by atoms with van der Waals surface area (Å²) < 4.78 is 26.4. The second kappa shape index (κ2) is 9.89. The highest BCUT2D eigenvalue weighted by molar-refractivity contribution is 5.59. The number of rotatable bonds is 9. The third kappa shape index (κ3) is 6.50. The Bertz CT molecular complexity index is 983. The van der Waals surface area contributed by atoms with Crippen molar-refractivity contribution < 1.29 is 19.0 Å². The van der Waals surface area contributed by atoms with Crippen molar-refractivity contribution in [1.29, 1.82) is 0 Å². The lowest BCUT2D eigenvalue weighted by atomic mass is 10.2. The maximum absolute atomic E-state index is 13.7. The van der Waals surface area contributed by atoms with Crippen LogP contribution in [0.2, 0.25) is 0 Å². The Labute approximate surface area is 181 Å². The largest absolute Gasteiger partial charge is 0.463 e. The lowest BCUT2D eigenvalue weighted by molar-refractivity contribution is -0.0449. The minimum Gasteiger partial charge on any atom is -0.463 e. The Morgan fingerprint density at radius 1 is 1.16 bits per heavy atom. The molecule has 0 saturated carbocycles. The van der Waals surface area contributed by atoms with Gasteiger partial charge in [-0.25, -0.2) is 9.07 Å². The van der Waals surface area contributed by atoms with Gasteiger partial charge in [-0.05, 0) is 64.1 Å². The van der Waals surface area contributed by atoms with Crippen molar-refractivity contribution in [2.24, 2.45) is 0 Å². The zero-order valence-electron chi connectivity index (χ0n) is 18.3. The van der Waals surface area contributed by atoms with Crippen LogP contribution in [0.5, 0.6) is 6.01 Å². The number of aromatic nitrogens is 3. The third-order valence-electron chi connectivity index (χ3n) is 4.31. The van der Waals surface area contributed by atoms with Crippen LogP contribution in [0.4, 0.5) is 10.1 Å². The van der Waals surface area contributed by atoms with Gasteiger partial charge in [-0.1, -0.05) is 12.1 Å². The maximum atomic E-state index is 13.7. The predicted octanol–water partition coefficient (Wildman–Crippen LogP) is 4.06. The highest BCUT2D eigenvalue weighted by Gasteiger charge is 2.16. The van der Waals surface area contributed by atoms with Gasteiger partial charge in [-0.2, -0.15) is 4.98 Å². The van der Waals surface area contributed by atoms with E-state index in [0.717, 1.165) is 11.4 Å². The molecule has 0 spiro atoms. The van der Waals surface area contributed by atoms with E-state index in [0.29, 0.717) is 24.5 Å². The van der Waals surface area contributed by atoms with E-state index in [1.54, 1.807) is 16.8 Å². The van der Waals surface area contributed by atoms with Crippen molar-refractivity contribution in [3.8, 4) is 23.1 Å². The van der Waals surface area contributed by atoms with Crippen LogP contribution in [0.3, 0.4) is 0 Å². The second-order valence-corrected chi connectivity index (χ2v) is 8.08. The van der Waals surface area contributed by atoms with Crippen LogP contribution in [0, 0.1) is 5.82 Å². The Balaban J connectivity index is 1.74. The van der Waals surface area contributed by atoms with Crippen LogP contribution >= 0.6 is 0 Å². The molecule has 0 saturated heterocycles. The molecule has 1 unspecified atom stereocenters. The van der Waals surface area contributed by atoms with Gasteiger partial charge in [0.1, 0.15) is 5.82 Å². The summed E-state index contributed by atoms with van der Waals surface area (Å²) in [4.78, 5) is 4.41. The van der Waals surface area contributed by atoms with Crippen molar-refractivity contribution in [2.45, 2.75) is 39.4 Å². The number of anilines is 1. The van der Waals surface area contributed by atoms with Gasteiger partial charge in [0, 0.05) is 17.8 Å². The Hall–Kier alpha value is -2.97. The Morgan fingerprint density at radius 3 is 2.55 bits per heavy atom. The molecule has 2 aromatic carbocycles. The SMILES string of the molecule is CCOc1nc(-c2cccc(F)c2)n(-c2ccc(NCC(O)COC(C)(C)C)cc2)n1. The first-order valence-corrected chi connectivity index (χ1v) is 10.3. The van der Waals surface area contributed by atoms with Gasteiger partial charge >= 0.3 is 6.01 Å². The number of ether oxygens (including phenoxy) is 2. The quantitative estimate of drug-likeness (QED) is 0.535. The predicted molar refractivity (Wildman–Crippen MR) is 118 cm³/mol. The van der Waals surface area contributed by atoms with E-state index in [1.807, 2.05) is 52.0 Å².